The smallest absolute Gasteiger partial charge is 0.251 e. The molecule has 1 N–H and O–H groups in total. The summed E-state index contributed by atoms with van der Waals surface area (Å²) in [4.78, 5) is 13.8. The van der Waals surface area contributed by atoms with Gasteiger partial charge in [0.25, 0.3) is 5.56 Å². The number of aromatic nitrogens is 1. The van der Waals surface area contributed by atoms with E-state index in [1.165, 1.54) is 0 Å². The van der Waals surface area contributed by atoms with Gasteiger partial charge in [0.05, 0.1) is 5.02 Å². The van der Waals surface area contributed by atoms with Crippen LogP contribution in [0, 0.1) is 0 Å². The lowest BCUT2D eigenvalue weighted by molar-refractivity contribution is 0.907. The lowest BCUT2D eigenvalue weighted by Gasteiger charge is -1.98. The van der Waals surface area contributed by atoms with E-state index in [1.807, 2.05) is 0 Å². The number of halogens is 1. The second-order valence-electron chi connectivity index (χ2n) is 2.78. The molecular formula is C8H8ClNO. The summed E-state index contributed by atoms with van der Waals surface area (Å²) < 4.78 is 0. The zero-order chi connectivity index (χ0) is 7.84. The summed E-state index contributed by atoms with van der Waals surface area (Å²) in [5.41, 5.74) is 1.97. The van der Waals surface area contributed by atoms with E-state index in [4.69, 9.17) is 11.6 Å². The molecule has 0 bridgehead atoms. The SMILES string of the molecule is O=c1[nH]cc(Cl)c2c1CCC2. The maximum atomic E-state index is 11.1. The van der Waals surface area contributed by atoms with Crippen molar-refractivity contribution in [1.29, 1.82) is 0 Å². The predicted molar refractivity (Wildman–Crippen MR) is 44.1 cm³/mol. The lowest BCUT2D eigenvalue weighted by Crippen LogP contribution is -2.11. The van der Waals surface area contributed by atoms with Gasteiger partial charge in [-0.2, -0.15) is 0 Å². The third kappa shape index (κ3) is 0.979. The van der Waals surface area contributed by atoms with Crippen molar-refractivity contribution >= 4 is 11.6 Å². The molecule has 1 aromatic rings. The Morgan fingerprint density at radius 1 is 1.36 bits per heavy atom. The molecule has 1 aliphatic carbocycles. The minimum atomic E-state index is 0.0295. The molecule has 2 rings (SSSR count). The molecule has 3 heteroatoms. The maximum absolute atomic E-state index is 11.1. The van der Waals surface area contributed by atoms with Crippen LogP contribution >= 0.6 is 11.6 Å². The Hall–Kier alpha value is -0.760. The number of pyridine rings is 1. The van der Waals surface area contributed by atoms with Gasteiger partial charge in [-0.15, -0.1) is 0 Å². The molecular weight excluding hydrogens is 162 g/mol. The molecule has 0 radical (unpaired) electrons. The molecule has 58 valence electrons. The zero-order valence-electron chi connectivity index (χ0n) is 5.98. The average Bonchev–Trinajstić information content (AvgIpc) is 2.45. The maximum Gasteiger partial charge on any atom is 0.251 e. The Bertz CT molecular complexity index is 342. The van der Waals surface area contributed by atoms with Crippen molar-refractivity contribution in [3.8, 4) is 0 Å². The van der Waals surface area contributed by atoms with Crippen LogP contribution in [-0.4, -0.2) is 4.98 Å². The highest BCUT2D eigenvalue weighted by molar-refractivity contribution is 6.31. The monoisotopic (exact) mass is 169 g/mol. The first kappa shape index (κ1) is 6.92. The molecule has 1 aliphatic rings. The number of aromatic amines is 1. The van der Waals surface area contributed by atoms with Crippen molar-refractivity contribution in [3.05, 3.63) is 32.7 Å². The first-order valence-electron chi connectivity index (χ1n) is 3.68. The van der Waals surface area contributed by atoms with E-state index in [9.17, 15) is 4.79 Å². The Balaban J connectivity index is 2.74. The molecule has 0 saturated carbocycles. The second kappa shape index (κ2) is 2.38. The van der Waals surface area contributed by atoms with Crippen molar-refractivity contribution in [3.63, 3.8) is 0 Å². The molecule has 0 spiro atoms. The Morgan fingerprint density at radius 3 is 2.82 bits per heavy atom. The highest BCUT2D eigenvalue weighted by Crippen LogP contribution is 2.24. The number of hydrogen-bond donors (Lipinski definition) is 1. The van der Waals surface area contributed by atoms with Gasteiger partial charge in [0.15, 0.2) is 0 Å². The van der Waals surface area contributed by atoms with E-state index < -0.39 is 0 Å². The predicted octanol–water partition coefficient (Wildman–Crippen LogP) is 1.52. The second-order valence-corrected chi connectivity index (χ2v) is 3.18. The lowest BCUT2D eigenvalue weighted by atomic mass is 10.2. The summed E-state index contributed by atoms with van der Waals surface area (Å²) in [6, 6.07) is 0. The van der Waals surface area contributed by atoms with Crippen LogP contribution in [0.25, 0.3) is 0 Å². The molecule has 0 aliphatic heterocycles. The highest BCUT2D eigenvalue weighted by atomic mass is 35.5. The standard InChI is InChI=1S/C8H8ClNO/c9-7-4-10-8(11)6-3-1-2-5(6)7/h4H,1-3H2,(H,10,11). The number of H-pyrrole nitrogens is 1. The van der Waals surface area contributed by atoms with Gasteiger partial charge in [-0.05, 0) is 24.8 Å². The molecule has 0 fully saturated rings. The fourth-order valence-corrected chi connectivity index (χ4v) is 1.82. The van der Waals surface area contributed by atoms with Crippen molar-refractivity contribution in [2.45, 2.75) is 19.3 Å². The molecule has 1 aromatic heterocycles. The molecule has 0 aromatic carbocycles. The van der Waals surface area contributed by atoms with E-state index in [2.05, 4.69) is 4.98 Å². The summed E-state index contributed by atoms with van der Waals surface area (Å²) >= 11 is 5.87. The summed E-state index contributed by atoms with van der Waals surface area (Å²) in [6.07, 6.45) is 4.47. The third-order valence-electron chi connectivity index (χ3n) is 2.11. The summed E-state index contributed by atoms with van der Waals surface area (Å²) in [5, 5.41) is 0.706. The number of hydrogen-bond acceptors (Lipinski definition) is 1. The third-order valence-corrected chi connectivity index (χ3v) is 2.45. The van der Waals surface area contributed by atoms with Crippen molar-refractivity contribution in [1.82, 2.24) is 4.98 Å². The van der Waals surface area contributed by atoms with E-state index >= 15 is 0 Å². The largest absolute Gasteiger partial charge is 0.327 e. The van der Waals surface area contributed by atoms with Crippen LogP contribution in [0.4, 0.5) is 0 Å². The van der Waals surface area contributed by atoms with Crippen LogP contribution in [0.2, 0.25) is 5.02 Å². The highest BCUT2D eigenvalue weighted by Gasteiger charge is 2.16. The molecule has 2 nitrogen and oxygen atoms in total. The topological polar surface area (TPSA) is 32.9 Å². The van der Waals surface area contributed by atoms with Gasteiger partial charge in [0.1, 0.15) is 0 Å². The van der Waals surface area contributed by atoms with Crippen molar-refractivity contribution < 1.29 is 0 Å². The van der Waals surface area contributed by atoms with Gasteiger partial charge < -0.3 is 4.98 Å². The number of rotatable bonds is 0. The van der Waals surface area contributed by atoms with Gasteiger partial charge in [-0.3, -0.25) is 4.79 Å². The molecule has 1 heterocycles. The summed E-state index contributed by atoms with van der Waals surface area (Å²) in [7, 11) is 0. The number of nitrogens with one attached hydrogen (secondary N) is 1. The van der Waals surface area contributed by atoms with Gasteiger partial charge in [0, 0.05) is 11.8 Å². The van der Waals surface area contributed by atoms with Crippen LogP contribution < -0.4 is 5.56 Å². The van der Waals surface area contributed by atoms with E-state index in [0.29, 0.717) is 5.02 Å². The molecule has 11 heavy (non-hydrogen) atoms. The van der Waals surface area contributed by atoms with Gasteiger partial charge in [-0.1, -0.05) is 11.6 Å². The normalized spacial score (nSPS) is 15.0. The van der Waals surface area contributed by atoms with Gasteiger partial charge in [-0.25, -0.2) is 0 Å². The first-order valence-corrected chi connectivity index (χ1v) is 4.06. The van der Waals surface area contributed by atoms with Gasteiger partial charge in [0.2, 0.25) is 0 Å². The summed E-state index contributed by atoms with van der Waals surface area (Å²) in [6.45, 7) is 0. The van der Waals surface area contributed by atoms with Crippen LogP contribution in [-0.2, 0) is 12.8 Å². The van der Waals surface area contributed by atoms with Crippen LogP contribution in [0.5, 0.6) is 0 Å². The average molecular weight is 170 g/mol. The van der Waals surface area contributed by atoms with E-state index in [0.717, 1.165) is 30.4 Å². The zero-order valence-corrected chi connectivity index (χ0v) is 6.74. The molecule has 0 atom stereocenters. The quantitative estimate of drug-likeness (QED) is 0.628. The minimum absolute atomic E-state index is 0.0295. The summed E-state index contributed by atoms with van der Waals surface area (Å²) in [5.74, 6) is 0. The fraction of sp³-hybridized carbons (Fsp3) is 0.375. The number of fused-ring (bicyclic) bond motifs is 1. The van der Waals surface area contributed by atoms with Crippen molar-refractivity contribution in [2.24, 2.45) is 0 Å². The Morgan fingerprint density at radius 2 is 2.09 bits per heavy atom. The molecule has 0 saturated heterocycles. The minimum Gasteiger partial charge on any atom is -0.327 e. The van der Waals surface area contributed by atoms with Crippen molar-refractivity contribution in [2.75, 3.05) is 0 Å². The van der Waals surface area contributed by atoms with Gasteiger partial charge >= 0.3 is 0 Å². The van der Waals surface area contributed by atoms with E-state index in [1.54, 1.807) is 6.20 Å². The molecule has 0 unspecified atom stereocenters. The Labute approximate surface area is 69.2 Å². The fourth-order valence-electron chi connectivity index (χ4n) is 1.56. The first-order chi connectivity index (χ1) is 5.29. The molecule has 0 amide bonds. The van der Waals surface area contributed by atoms with Crippen LogP contribution in [0.15, 0.2) is 11.0 Å². The van der Waals surface area contributed by atoms with Crippen LogP contribution in [0.1, 0.15) is 17.5 Å². The Kier molecular flexibility index (Phi) is 1.50. The van der Waals surface area contributed by atoms with E-state index in [-0.39, 0.29) is 5.56 Å². The van der Waals surface area contributed by atoms with Crippen LogP contribution in [0.3, 0.4) is 0 Å².